The topological polar surface area (TPSA) is 145 Å². The second-order valence-electron chi connectivity index (χ2n) is 5.76. The second-order valence-corrected chi connectivity index (χ2v) is 9.71. The van der Waals surface area contributed by atoms with Gasteiger partial charge in [0.2, 0.25) is 20.0 Å². The fourth-order valence-corrected chi connectivity index (χ4v) is 4.46. The van der Waals surface area contributed by atoms with Gasteiger partial charge in [0.05, 0.1) is 15.5 Å². The van der Waals surface area contributed by atoms with Gasteiger partial charge in [0.25, 0.3) is 0 Å². The minimum absolute atomic E-state index is 0.0262. The largest absolute Gasteiger partial charge is 0.332 e. The summed E-state index contributed by atoms with van der Waals surface area (Å²) in [6.07, 6.45) is 0. The number of anilines is 2. The molecule has 1 aromatic heterocycles. The van der Waals surface area contributed by atoms with Crippen LogP contribution < -0.4 is 15.6 Å². The lowest BCUT2D eigenvalue weighted by Crippen LogP contribution is -2.13. The van der Waals surface area contributed by atoms with Crippen LogP contribution in [-0.2, 0) is 20.0 Å². The summed E-state index contributed by atoms with van der Waals surface area (Å²) < 4.78 is 45.6. The number of nitrogens with zero attached hydrogens (tertiary/aromatic N) is 1. The van der Waals surface area contributed by atoms with E-state index in [-0.39, 0.29) is 9.79 Å². The van der Waals surface area contributed by atoms with E-state index < -0.39 is 20.0 Å². The van der Waals surface area contributed by atoms with Crippen molar-refractivity contribution in [3.63, 3.8) is 0 Å². The van der Waals surface area contributed by atoms with Crippen molar-refractivity contribution in [2.75, 3.05) is 5.32 Å². The first-order valence-corrected chi connectivity index (χ1v) is 11.5. The molecule has 8 nitrogen and oxygen atoms in total. The highest BCUT2D eigenvalue weighted by atomic mass is 32.2. The zero-order valence-electron chi connectivity index (χ0n) is 14.1. The van der Waals surface area contributed by atoms with E-state index in [0.29, 0.717) is 22.1 Å². The van der Waals surface area contributed by atoms with Crippen LogP contribution in [0.4, 0.5) is 10.8 Å². The molecular weight excluding hydrogens is 408 g/mol. The summed E-state index contributed by atoms with van der Waals surface area (Å²) in [6.45, 7) is 1.67. The minimum atomic E-state index is -3.76. The normalized spacial score (nSPS) is 12.1. The lowest BCUT2D eigenvalue weighted by atomic mass is 10.1. The second kappa shape index (κ2) is 7.02. The molecule has 0 fully saturated rings. The number of sulfonamides is 2. The van der Waals surface area contributed by atoms with Crippen LogP contribution in [-0.4, -0.2) is 21.8 Å². The number of hydrogen-bond acceptors (Lipinski definition) is 7. The number of benzene rings is 2. The van der Waals surface area contributed by atoms with Crippen molar-refractivity contribution in [3.05, 3.63) is 53.4 Å². The fourth-order valence-electron chi connectivity index (χ4n) is 2.44. The predicted molar refractivity (Wildman–Crippen MR) is 105 cm³/mol. The summed E-state index contributed by atoms with van der Waals surface area (Å²) in [5.74, 6) is 0. The zero-order chi connectivity index (χ0) is 19.8. The lowest BCUT2D eigenvalue weighted by Gasteiger charge is -2.05. The molecule has 27 heavy (non-hydrogen) atoms. The van der Waals surface area contributed by atoms with E-state index in [1.165, 1.54) is 29.5 Å². The van der Waals surface area contributed by atoms with E-state index >= 15 is 0 Å². The van der Waals surface area contributed by atoms with Crippen LogP contribution in [0.15, 0.2) is 57.6 Å². The molecule has 0 amide bonds. The molecule has 0 radical (unpaired) electrons. The number of hydrogen-bond donors (Lipinski definition) is 3. The number of rotatable bonds is 5. The quantitative estimate of drug-likeness (QED) is 0.572. The van der Waals surface area contributed by atoms with Gasteiger partial charge < -0.3 is 5.32 Å². The molecule has 0 spiro atoms. The van der Waals surface area contributed by atoms with Crippen molar-refractivity contribution in [1.29, 1.82) is 0 Å². The summed E-state index contributed by atoms with van der Waals surface area (Å²) in [4.78, 5) is 4.57. The summed E-state index contributed by atoms with van der Waals surface area (Å²) in [6, 6.07) is 10.8. The maximum atomic E-state index is 11.5. The van der Waals surface area contributed by atoms with E-state index in [9.17, 15) is 16.8 Å². The molecule has 3 aromatic rings. The number of nitrogens with two attached hydrogens (primary N) is 2. The van der Waals surface area contributed by atoms with E-state index in [1.54, 1.807) is 31.2 Å². The van der Waals surface area contributed by atoms with Crippen LogP contribution in [0.5, 0.6) is 0 Å². The number of nitrogens with one attached hydrogen (secondary N) is 1. The Morgan fingerprint density at radius 2 is 1.63 bits per heavy atom. The molecule has 0 aliphatic heterocycles. The van der Waals surface area contributed by atoms with Crippen molar-refractivity contribution in [2.24, 2.45) is 10.3 Å². The van der Waals surface area contributed by atoms with Crippen LogP contribution in [0.25, 0.3) is 11.3 Å². The van der Waals surface area contributed by atoms with Crippen LogP contribution in [0.1, 0.15) is 5.56 Å². The molecule has 2 aromatic carbocycles. The Kier molecular flexibility index (Phi) is 5.06. The Balaban J connectivity index is 1.82. The Labute approximate surface area is 161 Å². The smallest absolute Gasteiger partial charge is 0.238 e. The highest BCUT2D eigenvalue weighted by Gasteiger charge is 2.13. The third kappa shape index (κ3) is 4.51. The summed E-state index contributed by atoms with van der Waals surface area (Å²) in [5.41, 5.74) is 2.63. The van der Waals surface area contributed by atoms with E-state index in [0.717, 1.165) is 5.56 Å². The first-order valence-electron chi connectivity index (χ1n) is 7.53. The average Bonchev–Trinajstić information content (AvgIpc) is 3.02. The van der Waals surface area contributed by atoms with Gasteiger partial charge in [0.15, 0.2) is 5.13 Å². The Bertz CT molecular complexity index is 1200. The molecule has 0 saturated carbocycles. The number of primary sulfonamides is 2. The van der Waals surface area contributed by atoms with Crippen LogP contribution in [0.3, 0.4) is 0 Å². The molecule has 0 unspecified atom stereocenters. The highest BCUT2D eigenvalue weighted by Crippen LogP contribution is 2.29. The molecule has 0 atom stereocenters. The molecule has 11 heteroatoms. The first kappa shape index (κ1) is 19.5. The fraction of sp³-hybridized carbons (Fsp3) is 0.0625. The molecule has 142 valence electrons. The van der Waals surface area contributed by atoms with Gasteiger partial charge in [-0.2, -0.15) is 0 Å². The van der Waals surface area contributed by atoms with Gasteiger partial charge in [-0.05, 0) is 48.9 Å². The molecule has 0 aliphatic rings. The predicted octanol–water partition coefficient (Wildman–Crippen LogP) is 2.16. The Hall–Kier alpha value is -2.31. The molecule has 0 saturated heterocycles. The minimum Gasteiger partial charge on any atom is -0.332 e. The maximum absolute atomic E-state index is 11.5. The van der Waals surface area contributed by atoms with Crippen molar-refractivity contribution in [1.82, 2.24) is 4.98 Å². The number of aryl methyl sites for hydroxylation is 1. The average molecular weight is 425 g/mol. The van der Waals surface area contributed by atoms with Gasteiger partial charge in [0, 0.05) is 16.6 Å². The number of thiazole rings is 1. The maximum Gasteiger partial charge on any atom is 0.238 e. The van der Waals surface area contributed by atoms with Crippen LogP contribution in [0.2, 0.25) is 0 Å². The Morgan fingerprint density at radius 3 is 2.19 bits per heavy atom. The van der Waals surface area contributed by atoms with Gasteiger partial charge in [0.1, 0.15) is 0 Å². The highest BCUT2D eigenvalue weighted by molar-refractivity contribution is 7.89. The SMILES string of the molecule is Cc1cc(-c2csc(Nc3ccc(S(N)(=O)=O)cc3)n2)ccc1S(N)(=O)=O. The van der Waals surface area contributed by atoms with Crippen molar-refractivity contribution in [3.8, 4) is 11.3 Å². The first-order chi connectivity index (χ1) is 12.5. The van der Waals surface area contributed by atoms with Gasteiger partial charge in [-0.15, -0.1) is 11.3 Å². The molecule has 1 heterocycles. The van der Waals surface area contributed by atoms with Crippen LogP contribution >= 0.6 is 11.3 Å². The van der Waals surface area contributed by atoms with E-state index in [2.05, 4.69) is 10.3 Å². The molecular formula is C16H16N4O4S3. The van der Waals surface area contributed by atoms with E-state index in [4.69, 9.17) is 10.3 Å². The molecule has 3 rings (SSSR count). The van der Waals surface area contributed by atoms with Crippen molar-refractivity contribution in [2.45, 2.75) is 16.7 Å². The van der Waals surface area contributed by atoms with Crippen LogP contribution in [0, 0.1) is 6.92 Å². The lowest BCUT2D eigenvalue weighted by molar-refractivity contribution is 0.595. The summed E-state index contributed by atoms with van der Waals surface area (Å²) in [5, 5.41) is 15.8. The van der Waals surface area contributed by atoms with Gasteiger partial charge >= 0.3 is 0 Å². The molecule has 0 aliphatic carbocycles. The summed E-state index contributed by atoms with van der Waals surface area (Å²) in [7, 11) is -7.50. The summed E-state index contributed by atoms with van der Waals surface area (Å²) >= 11 is 1.36. The molecule has 5 N–H and O–H groups in total. The number of aromatic nitrogens is 1. The van der Waals surface area contributed by atoms with Gasteiger partial charge in [-0.1, -0.05) is 6.07 Å². The third-order valence-corrected chi connectivity index (χ3v) is 6.47. The monoisotopic (exact) mass is 424 g/mol. The van der Waals surface area contributed by atoms with E-state index in [1.807, 2.05) is 5.38 Å². The van der Waals surface area contributed by atoms with Gasteiger partial charge in [-0.25, -0.2) is 32.1 Å². The van der Waals surface area contributed by atoms with Crippen molar-refractivity contribution < 1.29 is 16.8 Å². The zero-order valence-corrected chi connectivity index (χ0v) is 16.5. The Morgan fingerprint density at radius 1 is 0.963 bits per heavy atom. The third-order valence-electron chi connectivity index (χ3n) is 3.72. The molecule has 0 bridgehead atoms. The van der Waals surface area contributed by atoms with Gasteiger partial charge in [-0.3, -0.25) is 0 Å². The standard InChI is InChI=1S/C16H16N4O4S3/c1-10-8-11(2-7-15(10)27(18,23)24)14-9-25-16(20-14)19-12-3-5-13(6-4-12)26(17,21)22/h2-9H,1H3,(H,19,20)(H2,17,21,22)(H2,18,23,24). The van der Waals surface area contributed by atoms with Crippen molar-refractivity contribution >= 4 is 42.2 Å².